The van der Waals surface area contributed by atoms with E-state index in [2.05, 4.69) is 28.4 Å². The maximum absolute atomic E-state index is 12.1. The van der Waals surface area contributed by atoms with Crippen LogP contribution in [0.25, 0.3) is 10.2 Å². The third-order valence-electron chi connectivity index (χ3n) is 6.33. The first-order valence-electron chi connectivity index (χ1n) is 9.74. The molecule has 1 aromatic heterocycles. The Morgan fingerprint density at radius 3 is 3.11 bits per heavy atom. The van der Waals surface area contributed by atoms with Crippen LogP contribution >= 0.6 is 11.3 Å². The molecule has 6 nitrogen and oxygen atoms in total. The predicted molar refractivity (Wildman–Crippen MR) is 107 cm³/mol. The van der Waals surface area contributed by atoms with Crippen LogP contribution in [0.4, 0.5) is 5.13 Å². The van der Waals surface area contributed by atoms with E-state index in [1.807, 2.05) is 25.1 Å². The summed E-state index contributed by atoms with van der Waals surface area (Å²) in [4.78, 5) is 21.2. The zero-order valence-corrected chi connectivity index (χ0v) is 16.7. The number of likely N-dealkylation sites (N-methyl/N-ethyl adjacent to an activating group) is 1. The number of fused-ring (bicyclic) bond motifs is 2. The zero-order chi connectivity index (χ0) is 18.6. The molecule has 3 saturated heterocycles. The van der Waals surface area contributed by atoms with Crippen molar-refractivity contribution in [1.29, 1.82) is 0 Å². The minimum absolute atomic E-state index is 0.0422. The fraction of sp³-hybridized carbons (Fsp3) is 0.600. The first-order chi connectivity index (χ1) is 13.0. The monoisotopic (exact) mass is 386 g/mol. The van der Waals surface area contributed by atoms with Crippen LogP contribution in [0.1, 0.15) is 12.8 Å². The second-order valence-electron chi connectivity index (χ2n) is 8.42. The number of carbonyl (C=O) groups is 1. The lowest BCUT2D eigenvalue weighted by atomic mass is 9.73. The number of nitrogens with one attached hydrogen (secondary N) is 1. The summed E-state index contributed by atoms with van der Waals surface area (Å²) in [5, 5.41) is 4.23. The molecule has 3 aliphatic heterocycles. The van der Waals surface area contributed by atoms with Gasteiger partial charge in [0.15, 0.2) is 5.13 Å². The van der Waals surface area contributed by atoms with Crippen molar-refractivity contribution in [1.82, 2.24) is 15.2 Å². The topological polar surface area (TPSA) is 57.7 Å². The third-order valence-corrected chi connectivity index (χ3v) is 7.43. The minimum Gasteiger partial charge on any atom is -0.369 e. The molecule has 0 radical (unpaired) electrons. The fourth-order valence-corrected chi connectivity index (χ4v) is 6.15. The van der Waals surface area contributed by atoms with Crippen LogP contribution in [0, 0.1) is 11.8 Å². The Kier molecular flexibility index (Phi) is 4.14. The number of nitrogens with zero attached hydrogens (tertiary/aromatic N) is 3. The number of anilines is 1. The van der Waals surface area contributed by atoms with Gasteiger partial charge in [-0.2, -0.15) is 0 Å². The molecule has 27 heavy (non-hydrogen) atoms. The highest BCUT2D eigenvalue weighted by Gasteiger charge is 2.63. The van der Waals surface area contributed by atoms with E-state index >= 15 is 0 Å². The van der Waals surface area contributed by atoms with E-state index in [1.165, 1.54) is 4.70 Å². The summed E-state index contributed by atoms with van der Waals surface area (Å²) in [6.07, 6.45) is 2.54. The lowest BCUT2D eigenvalue weighted by molar-refractivity contribution is -0.122. The number of carbonyl (C=O) groups excluding carboxylic acids is 1. The molecule has 2 aromatic rings. The van der Waals surface area contributed by atoms with Crippen LogP contribution < -0.4 is 10.2 Å². The normalized spacial score (nSPS) is 31.8. The Morgan fingerprint density at radius 1 is 1.44 bits per heavy atom. The standard InChI is InChI=1S/C20H26N4O2S/c1-23(2)11-18(25)21-9-13-14-10-24(12-20(14)8-7-16(13)26-20)19-22-15-5-3-4-6-17(15)27-19/h3-6,13-14,16H,7-12H2,1-2H3,(H,21,25)/t13-,14+,16+,20+/m0/s1. The van der Waals surface area contributed by atoms with Gasteiger partial charge < -0.3 is 19.9 Å². The van der Waals surface area contributed by atoms with Gasteiger partial charge in [0.25, 0.3) is 0 Å². The molecular weight excluding hydrogens is 360 g/mol. The van der Waals surface area contributed by atoms with Crippen molar-refractivity contribution in [2.75, 3.05) is 45.2 Å². The molecule has 1 aromatic carbocycles. The SMILES string of the molecule is CN(C)CC(=O)NC[C@H]1[C@H]2CN(c3nc4ccccc4s3)C[C@]23CC[C@H]1O3. The lowest BCUT2D eigenvalue weighted by Crippen LogP contribution is -2.43. The average Bonchev–Trinajstić information content (AvgIpc) is 3.36. The summed E-state index contributed by atoms with van der Waals surface area (Å²) >= 11 is 1.77. The molecule has 3 fully saturated rings. The fourth-order valence-electron chi connectivity index (χ4n) is 5.18. The van der Waals surface area contributed by atoms with Crippen LogP contribution in [0.2, 0.25) is 0 Å². The maximum Gasteiger partial charge on any atom is 0.234 e. The largest absolute Gasteiger partial charge is 0.369 e. The molecule has 2 bridgehead atoms. The van der Waals surface area contributed by atoms with Crippen molar-refractivity contribution >= 4 is 32.6 Å². The summed E-state index contributed by atoms with van der Waals surface area (Å²) in [6.45, 7) is 3.06. The first kappa shape index (κ1) is 17.4. The molecule has 144 valence electrons. The molecule has 4 atom stereocenters. The molecule has 4 heterocycles. The second-order valence-corrected chi connectivity index (χ2v) is 9.43. The van der Waals surface area contributed by atoms with E-state index in [0.29, 0.717) is 24.5 Å². The highest BCUT2D eigenvalue weighted by atomic mass is 32.1. The zero-order valence-electron chi connectivity index (χ0n) is 15.9. The van der Waals surface area contributed by atoms with E-state index in [0.717, 1.165) is 43.1 Å². The Morgan fingerprint density at radius 2 is 2.30 bits per heavy atom. The number of hydrogen-bond acceptors (Lipinski definition) is 6. The van der Waals surface area contributed by atoms with E-state index < -0.39 is 0 Å². The third kappa shape index (κ3) is 2.92. The van der Waals surface area contributed by atoms with E-state index in [-0.39, 0.29) is 11.5 Å². The molecule has 1 amide bonds. The van der Waals surface area contributed by atoms with Gasteiger partial charge in [-0.1, -0.05) is 23.5 Å². The van der Waals surface area contributed by atoms with Crippen LogP contribution in [0.5, 0.6) is 0 Å². The highest BCUT2D eigenvalue weighted by molar-refractivity contribution is 7.22. The van der Waals surface area contributed by atoms with Gasteiger partial charge >= 0.3 is 0 Å². The Bertz CT molecular complexity index is 836. The van der Waals surface area contributed by atoms with Crippen molar-refractivity contribution in [2.45, 2.75) is 24.5 Å². The number of rotatable bonds is 5. The maximum atomic E-state index is 12.1. The second kappa shape index (κ2) is 6.43. The average molecular weight is 387 g/mol. The first-order valence-corrected chi connectivity index (χ1v) is 10.6. The molecule has 1 N–H and O–H groups in total. The number of para-hydroxylation sites is 1. The van der Waals surface area contributed by atoms with Crippen molar-refractivity contribution in [3.05, 3.63) is 24.3 Å². The summed E-state index contributed by atoms with van der Waals surface area (Å²) in [6, 6.07) is 8.33. The van der Waals surface area contributed by atoms with Crippen LogP contribution in [0.3, 0.4) is 0 Å². The predicted octanol–water partition coefficient (Wildman–Crippen LogP) is 1.96. The van der Waals surface area contributed by atoms with Gasteiger partial charge in [0.05, 0.1) is 28.5 Å². The summed E-state index contributed by atoms with van der Waals surface area (Å²) < 4.78 is 7.75. The van der Waals surface area contributed by atoms with Gasteiger partial charge in [-0.25, -0.2) is 4.98 Å². The number of thiazole rings is 1. The van der Waals surface area contributed by atoms with E-state index in [4.69, 9.17) is 9.72 Å². The van der Waals surface area contributed by atoms with Crippen molar-refractivity contribution in [2.24, 2.45) is 11.8 Å². The molecule has 0 saturated carbocycles. The van der Waals surface area contributed by atoms with Gasteiger partial charge in [-0.15, -0.1) is 0 Å². The van der Waals surface area contributed by atoms with Crippen LogP contribution in [-0.2, 0) is 9.53 Å². The van der Waals surface area contributed by atoms with Crippen molar-refractivity contribution in [3.8, 4) is 0 Å². The van der Waals surface area contributed by atoms with Crippen LogP contribution in [-0.4, -0.2) is 67.8 Å². The van der Waals surface area contributed by atoms with E-state index in [1.54, 1.807) is 11.3 Å². The van der Waals surface area contributed by atoms with Crippen LogP contribution in [0.15, 0.2) is 24.3 Å². The Labute approximate surface area is 163 Å². The molecule has 0 aliphatic carbocycles. The number of benzene rings is 1. The lowest BCUT2D eigenvalue weighted by Gasteiger charge is -2.29. The molecule has 5 rings (SSSR count). The molecule has 3 aliphatic rings. The van der Waals surface area contributed by atoms with Gasteiger partial charge in [-0.3, -0.25) is 4.79 Å². The van der Waals surface area contributed by atoms with Crippen molar-refractivity contribution < 1.29 is 9.53 Å². The summed E-state index contributed by atoms with van der Waals surface area (Å²) in [7, 11) is 3.84. The molecular formula is C20H26N4O2S. The molecule has 0 unspecified atom stereocenters. The smallest absolute Gasteiger partial charge is 0.234 e. The van der Waals surface area contributed by atoms with Gasteiger partial charge in [-0.05, 0) is 39.1 Å². The van der Waals surface area contributed by atoms with Crippen molar-refractivity contribution in [3.63, 3.8) is 0 Å². The van der Waals surface area contributed by atoms with Gasteiger partial charge in [0.2, 0.25) is 5.91 Å². The number of ether oxygens (including phenoxy) is 1. The number of hydrogen-bond donors (Lipinski definition) is 1. The van der Waals surface area contributed by atoms with Gasteiger partial charge in [0, 0.05) is 31.5 Å². The quantitative estimate of drug-likeness (QED) is 0.851. The highest BCUT2D eigenvalue weighted by Crippen LogP contribution is 2.55. The molecule has 7 heteroatoms. The number of aromatic nitrogens is 1. The van der Waals surface area contributed by atoms with E-state index in [9.17, 15) is 4.79 Å². The number of amides is 1. The Hall–Kier alpha value is -1.70. The molecule has 1 spiro atoms. The summed E-state index contributed by atoms with van der Waals surface area (Å²) in [5.41, 5.74) is 1.03. The van der Waals surface area contributed by atoms with Gasteiger partial charge in [0.1, 0.15) is 0 Å². The Balaban J connectivity index is 1.32. The minimum atomic E-state index is -0.0422. The summed E-state index contributed by atoms with van der Waals surface area (Å²) in [5.74, 6) is 0.977.